The van der Waals surface area contributed by atoms with Gasteiger partial charge in [-0.1, -0.05) is 17.2 Å². The summed E-state index contributed by atoms with van der Waals surface area (Å²) < 4.78 is 0. The largest absolute Gasteiger partial charge is 0.272 e. The number of dihydropyridines is 1. The molecule has 0 atom stereocenters. The third-order valence-corrected chi connectivity index (χ3v) is 4.14. The number of aromatic nitrogens is 2. The van der Waals surface area contributed by atoms with Gasteiger partial charge in [0.2, 0.25) is 0 Å². The quantitative estimate of drug-likeness (QED) is 0.851. The molecule has 2 aromatic rings. The number of fused-ring (bicyclic) bond motifs is 1. The summed E-state index contributed by atoms with van der Waals surface area (Å²) in [5.74, 6) is 0.597. The maximum Gasteiger partial charge on any atom is 0.272 e. The molecule has 0 N–H and O–H groups in total. The first-order valence-corrected chi connectivity index (χ1v) is 7.45. The maximum atomic E-state index is 11.8. The van der Waals surface area contributed by atoms with Crippen molar-refractivity contribution >= 4 is 22.5 Å². The van der Waals surface area contributed by atoms with Gasteiger partial charge in [-0.05, 0) is 39.8 Å². The van der Waals surface area contributed by atoms with Crippen LogP contribution in [0.3, 0.4) is 0 Å². The van der Waals surface area contributed by atoms with Gasteiger partial charge in [-0.2, -0.15) is 0 Å². The number of allylic oxidation sites excluding steroid dienone is 1. The minimum atomic E-state index is -0.133. The Hall–Kier alpha value is -2.36. The molecule has 2 heterocycles. The van der Waals surface area contributed by atoms with E-state index in [1.54, 1.807) is 0 Å². The first kappa shape index (κ1) is 14.6. The van der Waals surface area contributed by atoms with Crippen molar-refractivity contribution in [1.29, 1.82) is 0 Å². The highest BCUT2D eigenvalue weighted by atomic mass is 16.1. The number of rotatable bonds is 2. The topological polar surface area (TPSA) is 55.2 Å². The zero-order valence-electron chi connectivity index (χ0n) is 13.4. The van der Waals surface area contributed by atoms with Gasteiger partial charge >= 0.3 is 0 Å². The van der Waals surface area contributed by atoms with Crippen LogP contribution in [0.15, 0.2) is 34.3 Å². The standard InChI is InChI=1S/C18H19N3O/c1-10-5-6-16-15(7-10)13(4)19-17(21-16)9-14-8-11(2)12(3)18(22)20-14/h5-7H,8-9H2,1-4H3. The van der Waals surface area contributed by atoms with Gasteiger partial charge in [-0.25, -0.2) is 15.0 Å². The lowest BCUT2D eigenvalue weighted by molar-refractivity contribution is -0.114. The molecule has 4 nitrogen and oxygen atoms in total. The van der Waals surface area contributed by atoms with Crippen LogP contribution in [0.25, 0.3) is 10.9 Å². The maximum absolute atomic E-state index is 11.8. The van der Waals surface area contributed by atoms with E-state index >= 15 is 0 Å². The highest BCUT2D eigenvalue weighted by molar-refractivity contribution is 6.07. The van der Waals surface area contributed by atoms with Crippen LogP contribution in [0.4, 0.5) is 0 Å². The molecule has 0 radical (unpaired) electrons. The predicted molar refractivity (Wildman–Crippen MR) is 88.1 cm³/mol. The van der Waals surface area contributed by atoms with Crippen LogP contribution in [0, 0.1) is 13.8 Å². The van der Waals surface area contributed by atoms with Gasteiger partial charge in [-0.3, -0.25) is 4.79 Å². The van der Waals surface area contributed by atoms with Gasteiger partial charge in [0.15, 0.2) is 0 Å². The summed E-state index contributed by atoms with van der Waals surface area (Å²) in [5.41, 5.74) is 5.80. The van der Waals surface area contributed by atoms with Crippen LogP contribution < -0.4 is 0 Å². The van der Waals surface area contributed by atoms with E-state index in [4.69, 9.17) is 0 Å². The fraction of sp³-hybridized carbons (Fsp3) is 0.333. The molecule has 1 aromatic heterocycles. The molecule has 1 aliphatic heterocycles. The average Bonchev–Trinajstić information content (AvgIpc) is 2.45. The number of aliphatic imine (C=N–C) groups is 1. The molecule has 1 amide bonds. The molecule has 1 aliphatic rings. The minimum absolute atomic E-state index is 0.133. The molecular formula is C18H19N3O. The average molecular weight is 293 g/mol. The summed E-state index contributed by atoms with van der Waals surface area (Å²) in [5, 5.41) is 1.08. The second-order valence-electron chi connectivity index (χ2n) is 5.99. The van der Waals surface area contributed by atoms with E-state index in [-0.39, 0.29) is 5.91 Å². The Morgan fingerprint density at radius 3 is 2.59 bits per heavy atom. The van der Waals surface area contributed by atoms with Gasteiger partial charge in [0.25, 0.3) is 5.91 Å². The lowest BCUT2D eigenvalue weighted by Crippen LogP contribution is -2.16. The van der Waals surface area contributed by atoms with E-state index in [9.17, 15) is 4.79 Å². The van der Waals surface area contributed by atoms with Crippen LogP contribution in [-0.4, -0.2) is 21.6 Å². The first-order chi connectivity index (χ1) is 10.4. The second-order valence-corrected chi connectivity index (χ2v) is 5.99. The highest BCUT2D eigenvalue weighted by Crippen LogP contribution is 2.20. The summed E-state index contributed by atoms with van der Waals surface area (Å²) in [6.45, 7) is 7.87. The number of hydrogen-bond donors (Lipinski definition) is 0. The predicted octanol–water partition coefficient (Wildman–Crippen LogP) is 3.50. The summed E-state index contributed by atoms with van der Waals surface area (Å²) in [7, 11) is 0. The van der Waals surface area contributed by atoms with E-state index in [0.717, 1.165) is 45.7 Å². The fourth-order valence-corrected chi connectivity index (χ4v) is 2.71. The van der Waals surface area contributed by atoms with Gasteiger partial charge in [0.1, 0.15) is 5.82 Å². The summed E-state index contributed by atoms with van der Waals surface area (Å²) in [6.07, 6.45) is 1.26. The van der Waals surface area contributed by atoms with Crippen LogP contribution in [-0.2, 0) is 11.2 Å². The van der Waals surface area contributed by atoms with Crippen molar-refractivity contribution in [1.82, 2.24) is 9.97 Å². The lowest BCUT2D eigenvalue weighted by Gasteiger charge is -2.14. The molecule has 0 aliphatic carbocycles. The molecule has 0 unspecified atom stereocenters. The van der Waals surface area contributed by atoms with E-state index in [1.807, 2.05) is 26.8 Å². The molecule has 4 heteroatoms. The Labute approximate surface area is 130 Å². The number of amides is 1. The van der Waals surface area contributed by atoms with Crippen molar-refractivity contribution < 1.29 is 4.79 Å². The van der Waals surface area contributed by atoms with E-state index in [2.05, 4.69) is 34.0 Å². The van der Waals surface area contributed by atoms with Gasteiger partial charge in [-0.15, -0.1) is 0 Å². The minimum Gasteiger partial charge on any atom is -0.267 e. The summed E-state index contributed by atoms with van der Waals surface area (Å²) in [4.78, 5) is 25.2. The molecule has 112 valence electrons. The normalized spacial score (nSPS) is 15.5. The van der Waals surface area contributed by atoms with Crippen LogP contribution in [0.1, 0.15) is 37.4 Å². The molecule has 0 spiro atoms. The Morgan fingerprint density at radius 1 is 1.09 bits per heavy atom. The zero-order chi connectivity index (χ0) is 15.9. The molecule has 22 heavy (non-hydrogen) atoms. The number of carbonyl (C=O) groups is 1. The number of carbonyl (C=O) groups excluding carboxylic acids is 1. The Balaban J connectivity index is 1.94. The van der Waals surface area contributed by atoms with Gasteiger partial charge in [0, 0.05) is 35.2 Å². The second kappa shape index (κ2) is 5.44. The molecule has 0 bridgehead atoms. The Kier molecular flexibility index (Phi) is 3.61. The Bertz CT molecular complexity index is 847. The molecular weight excluding hydrogens is 274 g/mol. The van der Waals surface area contributed by atoms with Crippen LogP contribution >= 0.6 is 0 Å². The number of nitrogens with zero attached hydrogens (tertiary/aromatic N) is 3. The molecule has 0 saturated carbocycles. The number of aryl methyl sites for hydroxylation is 2. The molecule has 0 saturated heterocycles. The summed E-state index contributed by atoms with van der Waals surface area (Å²) >= 11 is 0. The molecule has 3 rings (SSSR count). The monoisotopic (exact) mass is 293 g/mol. The smallest absolute Gasteiger partial charge is 0.267 e. The molecule has 0 fully saturated rings. The third kappa shape index (κ3) is 2.69. The SMILES string of the molecule is CC1=C(C)C(=O)N=C(Cc2nc(C)c3cc(C)ccc3n2)C1. The number of hydrogen-bond acceptors (Lipinski definition) is 3. The number of benzene rings is 1. The van der Waals surface area contributed by atoms with Crippen molar-refractivity contribution in [2.45, 2.75) is 40.5 Å². The first-order valence-electron chi connectivity index (χ1n) is 7.45. The van der Waals surface area contributed by atoms with Crippen molar-refractivity contribution in [2.75, 3.05) is 0 Å². The van der Waals surface area contributed by atoms with Crippen molar-refractivity contribution in [3.05, 3.63) is 46.4 Å². The van der Waals surface area contributed by atoms with Gasteiger partial charge in [0.05, 0.1) is 5.52 Å². The van der Waals surface area contributed by atoms with Crippen LogP contribution in [0.5, 0.6) is 0 Å². The third-order valence-electron chi connectivity index (χ3n) is 4.14. The van der Waals surface area contributed by atoms with E-state index < -0.39 is 0 Å². The molecule has 1 aromatic carbocycles. The van der Waals surface area contributed by atoms with Crippen molar-refractivity contribution in [3.8, 4) is 0 Å². The lowest BCUT2D eigenvalue weighted by atomic mass is 9.99. The summed E-state index contributed by atoms with van der Waals surface area (Å²) in [6, 6.07) is 6.18. The van der Waals surface area contributed by atoms with Crippen molar-refractivity contribution in [2.24, 2.45) is 4.99 Å². The fourth-order valence-electron chi connectivity index (χ4n) is 2.71. The van der Waals surface area contributed by atoms with Gasteiger partial charge < -0.3 is 0 Å². The zero-order valence-corrected chi connectivity index (χ0v) is 13.4. The van der Waals surface area contributed by atoms with Crippen molar-refractivity contribution in [3.63, 3.8) is 0 Å². The van der Waals surface area contributed by atoms with E-state index in [0.29, 0.717) is 6.42 Å². The van der Waals surface area contributed by atoms with Crippen LogP contribution in [0.2, 0.25) is 0 Å². The Morgan fingerprint density at radius 2 is 1.86 bits per heavy atom. The highest BCUT2D eigenvalue weighted by Gasteiger charge is 2.18. The van der Waals surface area contributed by atoms with E-state index in [1.165, 1.54) is 5.56 Å².